The van der Waals surface area contributed by atoms with Gasteiger partial charge in [-0.05, 0) is 30.9 Å². The molecule has 3 nitrogen and oxygen atoms in total. The Morgan fingerprint density at radius 2 is 2.40 bits per heavy atom. The monoisotopic (exact) mass is 205 g/mol. The zero-order valence-electron chi connectivity index (χ0n) is 9.53. The summed E-state index contributed by atoms with van der Waals surface area (Å²) in [5.41, 5.74) is 8.01. The van der Waals surface area contributed by atoms with Crippen molar-refractivity contribution in [2.45, 2.75) is 26.7 Å². The first-order chi connectivity index (χ1) is 7.22. The molecule has 1 fully saturated rings. The van der Waals surface area contributed by atoms with Crippen molar-refractivity contribution in [3.63, 3.8) is 0 Å². The van der Waals surface area contributed by atoms with Gasteiger partial charge in [0.1, 0.15) is 0 Å². The number of pyridine rings is 1. The number of aryl methyl sites for hydroxylation is 1. The first-order valence-electron chi connectivity index (χ1n) is 5.68. The summed E-state index contributed by atoms with van der Waals surface area (Å²) in [5, 5.41) is 0. The lowest BCUT2D eigenvalue weighted by molar-refractivity contribution is 0.569. The zero-order chi connectivity index (χ0) is 10.8. The Labute approximate surface area is 91.3 Å². The van der Waals surface area contributed by atoms with Crippen molar-refractivity contribution in [3.05, 3.63) is 17.8 Å². The summed E-state index contributed by atoms with van der Waals surface area (Å²) in [6.45, 7) is 6.49. The molecule has 1 unspecified atom stereocenters. The first kappa shape index (κ1) is 10.3. The number of nitrogens with zero attached hydrogens (tertiary/aromatic N) is 2. The van der Waals surface area contributed by atoms with Gasteiger partial charge in [-0.2, -0.15) is 0 Å². The summed E-state index contributed by atoms with van der Waals surface area (Å²) >= 11 is 0. The molecule has 0 bridgehead atoms. The lowest BCUT2D eigenvalue weighted by Gasteiger charge is -2.19. The van der Waals surface area contributed by atoms with E-state index in [0.717, 1.165) is 36.1 Å². The van der Waals surface area contributed by atoms with E-state index in [0.29, 0.717) is 0 Å². The maximum atomic E-state index is 6.05. The second-order valence-electron chi connectivity index (χ2n) is 4.37. The average Bonchev–Trinajstić information content (AvgIpc) is 2.70. The molecule has 2 rings (SSSR count). The summed E-state index contributed by atoms with van der Waals surface area (Å²) in [6, 6.07) is 1.96. The van der Waals surface area contributed by atoms with Crippen LogP contribution in [0.25, 0.3) is 0 Å². The summed E-state index contributed by atoms with van der Waals surface area (Å²) in [6.07, 6.45) is 4.37. The van der Waals surface area contributed by atoms with Crippen molar-refractivity contribution in [3.8, 4) is 0 Å². The molecule has 2 N–H and O–H groups in total. The fraction of sp³-hybridized carbons (Fsp3) is 0.583. The third kappa shape index (κ3) is 1.91. The predicted octanol–water partition coefficient (Wildman–Crippen LogP) is 2.21. The molecule has 0 saturated carbocycles. The molecule has 1 atom stereocenters. The molecule has 1 aliphatic rings. The molecular formula is C12H19N3. The maximum absolute atomic E-state index is 6.05. The van der Waals surface area contributed by atoms with E-state index in [2.05, 4.69) is 16.8 Å². The second-order valence-corrected chi connectivity index (χ2v) is 4.37. The van der Waals surface area contributed by atoms with Crippen LogP contribution in [0.1, 0.15) is 25.3 Å². The number of nitrogen functional groups attached to an aromatic ring is 1. The van der Waals surface area contributed by atoms with Gasteiger partial charge in [0.15, 0.2) is 5.82 Å². The Morgan fingerprint density at radius 1 is 1.60 bits per heavy atom. The molecule has 1 aromatic rings. The van der Waals surface area contributed by atoms with Crippen molar-refractivity contribution in [2.75, 3.05) is 23.7 Å². The number of anilines is 2. The molecule has 0 aromatic carbocycles. The lowest BCUT2D eigenvalue weighted by atomic mass is 10.1. The van der Waals surface area contributed by atoms with Gasteiger partial charge in [-0.1, -0.05) is 13.3 Å². The Balaban J connectivity index is 2.20. The van der Waals surface area contributed by atoms with Crippen molar-refractivity contribution < 1.29 is 0 Å². The summed E-state index contributed by atoms with van der Waals surface area (Å²) in [4.78, 5) is 6.71. The number of nitrogens with two attached hydrogens (primary N) is 1. The Hall–Kier alpha value is -1.25. The highest BCUT2D eigenvalue weighted by molar-refractivity contribution is 5.66. The van der Waals surface area contributed by atoms with Crippen LogP contribution >= 0.6 is 0 Å². The molecular weight excluding hydrogens is 186 g/mol. The quantitative estimate of drug-likeness (QED) is 0.805. The number of hydrogen-bond acceptors (Lipinski definition) is 3. The maximum Gasteiger partial charge on any atom is 0.152 e. The molecule has 1 aliphatic heterocycles. The molecule has 0 spiro atoms. The minimum absolute atomic E-state index is 0.812. The van der Waals surface area contributed by atoms with Crippen LogP contribution in [0.5, 0.6) is 0 Å². The Bertz CT molecular complexity index is 349. The van der Waals surface area contributed by atoms with E-state index in [1.165, 1.54) is 12.8 Å². The lowest BCUT2D eigenvalue weighted by Crippen LogP contribution is -2.22. The van der Waals surface area contributed by atoms with Crippen LogP contribution in [0.15, 0.2) is 12.3 Å². The third-order valence-electron chi connectivity index (χ3n) is 3.35. The van der Waals surface area contributed by atoms with Gasteiger partial charge in [0, 0.05) is 19.3 Å². The van der Waals surface area contributed by atoms with Crippen LogP contribution in [0.3, 0.4) is 0 Å². The van der Waals surface area contributed by atoms with Gasteiger partial charge in [-0.15, -0.1) is 0 Å². The normalized spacial score (nSPS) is 20.9. The van der Waals surface area contributed by atoms with E-state index in [1.54, 1.807) is 0 Å². The van der Waals surface area contributed by atoms with Gasteiger partial charge in [-0.25, -0.2) is 4.98 Å². The number of rotatable bonds is 2. The van der Waals surface area contributed by atoms with Gasteiger partial charge < -0.3 is 10.6 Å². The van der Waals surface area contributed by atoms with E-state index in [9.17, 15) is 0 Å². The van der Waals surface area contributed by atoms with Crippen LogP contribution in [0.4, 0.5) is 11.5 Å². The molecule has 0 radical (unpaired) electrons. The van der Waals surface area contributed by atoms with Gasteiger partial charge in [0.25, 0.3) is 0 Å². The molecule has 82 valence electrons. The molecule has 15 heavy (non-hydrogen) atoms. The Kier molecular flexibility index (Phi) is 2.80. The fourth-order valence-electron chi connectivity index (χ4n) is 2.17. The van der Waals surface area contributed by atoms with Crippen molar-refractivity contribution in [2.24, 2.45) is 5.92 Å². The van der Waals surface area contributed by atoms with E-state index < -0.39 is 0 Å². The number of aromatic nitrogens is 1. The standard InChI is InChI=1S/C12H19N3/c1-3-10-5-7-15(8-10)12-11(13)9(2)4-6-14-12/h4,6,10H,3,5,7-8,13H2,1-2H3. The van der Waals surface area contributed by atoms with E-state index in [1.807, 2.05) is 19.2 Å². The summed E-state index contributed by atoms with van der Waals surface area (Å²) in [7, 11) is 0. The minimum atomic E-state index is 0.812. The molecule has 0 aliphatic carbocycles. The van der Waals surface area contributed by atoms with Crippen LogP contribution in [0, 0.1) is 12.8 Å². The first-order valence-corrected chi connectivity index (χ1v) is 5.68. The second kappa shape index (κ2) is 4.09. The molecule has 1 aromatic heterocycles. The molecule has 1 saturated heterocycles. The van der Waals surface area contributed by atoms with Crippen LogP contribution in [-0.2, 0) is 0 Å². The molecule has 2 heterocycles. The van der Waals surface area contributed by atoms with Gasteiger partial charge in [-0.3, -0.25) is 0 Å². The van der Waals surface area contributed by atoms with Gasteiger partial charge >= 0.3 is 0 Å². The average molecular weight is 205 g/mol. The van der Waals surface area contributed by atoms with Crippen molar-refractivity contribution >= 4 is 11.5 Å². The summed E-state index contributed by atoms with van der Waals surface area (Å²) in [5.74, 6) is 1.79. The Morgan fingerprint density at radius 3 is 3.07 bits per heavy atom. The molecule has 3 heteroatoms. The molecule has 0 amide bonds. The SMILES string of the molecule is CCC1CCN(c2nccc(C)c2N)C1. The highest BCUT2D eigenvalue weighted by Crippen LogP contribution is 2.29. The van der Waals surface area contributed by atoms with Crippen molar-refractivity contribution in [1.82, 2.24) is 4.98 Å². The van der Waals surface area contributed by atoms with Crippen LogP contribution < -0.4 is 10.6 Å². The predicted molar refractivity (Wildman–Crippen MR) is 64.0 cm³/mol. The topological polar surface area (TPSA) is 42.2 Å². The minimum Gasteiger partial charge on any atom is -0.396 e. The van der Waals surface area contributed by atoms with Gasteiger partial charge in [0.05, 0.1) is 5.69 Å². The van der Waals surface area contributed by atoms with Crippen molar-refractivity contribution in [1.29, 1.82) is 0 Å². The third-order valence-corrected chi connectivity index (χ3v) is 3.35. The van der Waals surface area contributed by atoms with Crippen LogP contribution in [-0.4, -0.2) is 18.1 Å². The number of hydrogen-bond donors (Lipinski definition) is 1. The zero-order valence-corrected chi connectivity index (χ0v) is 9.53. The van der Waals surface area contributed by atoms with E-state index >= 15 is 0 Å². The summed E-state index contributed by atoms with van der Waals surface area (Å²) < 4.78 is 0. The highest BCUT2D eigenvalue weighted by atomic mass is 15.2. The largest absolute Gasteiger partial charge is 0.396 e. The highest BCUT2D eigenvalue weighted by Gasteiger charge is 2.23. The fourth-order valence-corrected chi connectivity index (χ4v) is 2.17. The van der Waals surface area contributed by atoms with E-state index in [-0.39, 0.29) is 0 Å². The van der Waals surface area contributed by atoms with Crippen LogP contribution in [0.2, 0.25) is 0 Å². The smallest absolute Gasteiger partial charge is 0.152 e. The van der Waals surface area contributed by atoms with E-state index in [4.69, 9.17) is 5.73 Å². The van der Waals surface area contributed by atoms with Gasteiger partial charge in [0.2, 0.25) is 0 Å².